The van der Waals surface area contributed by atoms with Crippen molar-refractivity contribution in [3.8, 4) is 11.5 Å². The maximum absolute atomic E-state index is 12.1. The Morgan fingerprint density at radius 2 is 1.81 bits per heavy atom. The molecule has 9 nitrogen and oxygen atoms in total. The number of carbonyl (C=O) groups excluding carboxylic acids is 2. The number of nitro groups is 1. The summed E-state index contributed by atoms with van der Waals surface area (Å²) < 4.78 is 11.3. The lowest BCUT2D eigenvalue weighted by Gasteiger charge is -2.15. The second-order valence-corrected chi connectivity index (χ2v) is 6.47. The van der Waals surface area contributed by atoms with Gasteiger partial charge in [-0.1, -0.05) is 0 Å². The Balaban J connectivity index is 1.89. The van der Waals surface area contributed by atoms with Gasteiger partial charge in [0.05, 0.1) is 15.6 Å². The second-order valence-electron chi connectivity index (χ2n) is 5.30. The van der Waals surface area contributed by atoms with Gasteiger partial charge in [0.1, 0.15) is 11.5 Å². The zero-order valence-corrected chi connectivity index (χ0v) is 16.6. The molecule has 0 aliphatic carbocycles. The van der Waals surface area contributed by atoms with Gasteiger partial charge in [0.2, 0.25) is 0 Å². The number of non-ortho nitro benzene ring substituents is 1. The van der Waals surface area contributed by atoms with E-state index >= 15 is 0 Å². The fraction of sp³-hybridized carbons (Fsp3) is 0.176. The largest absolute Gasteiger partial charge is 0.496 e. The van der Waals surface area contributed by atoms with Crippen molar-refractivity contribution in [2.24, 2.45) is 0 Å². The summed E-state index contributed by atoms with van der Waals surface area (Å²) in [6, 6.07) is 10.2. The van der Waals surface area contributed by atoms with Gasteiger partial charge in [-0.15, -0.1) is 0 Å². The van der Waals surface area contributed by atoms with Crippen LogP contribution in [0.2, 0.25) is 0 Å². The minimum Gasteiger partial charge on any atom is -0.496 e. The van der Waals surface area contributed by atoms with Crippen molar-refractivity contribution in [2.75, 3.05) is 7.11 Å². The first kappa shape index (κ1) is 20.4. The van der Waals surface area contributed by atoms with Crippen molar-refractivity contribution in [3.05, 3.63) is 61.7 Å². The number of nitro benzene ring substituents is 1. The van der Waals surface area contributed by atoms with Crippen LogP contribution in [0.3, 0.4) is 0 Å². The zero-order valence-electron chi connectivity index (χ0n) is 14.4. The molecule has 2 rings (SSSR count). The first-order chi connectivity index (χ1) is 12.8. The summed E-state index contributed by atoms with van der Waals surface area (Å²) in [5.41, 5.74) is 4.84. The Bertz CT molecular complexity index is 856. The van der Waals surface area contributed by atoms with Crippen LogP contribution in [0.1, 0.15) is 17.3 Å². The molecule has 0 spiro atoms. The monoisotopic (exact) mass is 485 g/mol. The third kappa shape index (κ3) is 5.54. The lowest BCUT2D eigenvalue weighted by atomic mass is 10.2. The van der Waals surface area contributed by atoms with Gasteiger partial charge >= 0.3 is 0 Å². The quantitative estimate of drug-likeness (QED) is 0.369. The van der Waals surface area contributed by atoms with E-state index in [0.717, 1.165) is 3.57 Å². The van der Waals surface area contributed by atoms with Crippen LogP contribution >= 0.6 is 22.6 Å². The normalized spacial score (nSPS) is 11.2. The molecule has 1 atom stereocenters. The van der Waals surface area contributed by atoms with Crippen LogP contribution in [0, 0.1) is 13.7 Å². The Morgan fingerprint density at radius 1 is 1.15 bits per heavy atom. The van der Waals surface area contributed by atoms with Crippen molar-refractivity contribution >= 4 is 40.1 Å². The van der Waals surface area contributed by atoms with Crippen molar-refractivity contribution in [3.63, 3.8) is 0 Å². The van der Waals surface area contributed by atoms with Crippen LogP contribution in [0.25, 0.3) is 0 Å². The Hall–Kier alpha value is -2.89. The first-order valence-corrected chi connectivity index (χ1v) is 8.74. The highest BCUT2D eigenvalue weighted by molar-refractivity contribution is 14.1. The van der Waals surface area contributed by atoms with Crippen molar-refractivity contribution in [1.82, 2.24) is 10.9 Å². The molecule has 10 heteroatoms. The lowest BCUT2D eigenvalue weighted by Crippen LogP contribution is -2.47. The molecule has 0 radical (unpaired) electrons. The van der Waals surface area contributed by atoms with E-state index in [4.69, 9.17) is 9.47 Å². The molecule has 2 aromatic rings. The highest BCUT2D eigenvalue weighted by Gasteiger charge is 2.17. The molecule has 0 bridgehead atoms. The van der Waals surface area contributed by atoms with Gasteiger partial charge in [-0.3, -0.25) is 30.6 Å². The van der Waals surface area contributed by atoms with E-state index in [1.165, 1.54) is 38.3 Å². The fourth-order valence-electron chi connectivity index (χ4n) is 2.00. The summed E-state index contributed by atoms with van der Waals surface area (Å²) in [5.74, 6) is -0.142. The van der Waals surface area contributed by atoms with E-state index < -0.39 is 22.8 Å². The molecule has 1 unspecified atom stereocenters. The van der Waals surface area contributed by atoms with Crippen LogP contribution in [0.4, 0.5) is 5.69 Å². The van der Waals surface area contributed by atoms with Crippen molar-refractivity contribution < 1.29 is 24.0 Å². The minimum atomic E-state index is -0.928. The Labute approximate surface area is 168 Å². The number of ether oxygens (including phenoxy) is 2. The topological polar surface area (TPSA) is 120 Å². The fourth-order valence-corrected chi connectivity index (χ4v) is 2.74. The van der Waals surface area contributed by atoms with E-state index in [1.807, 2.05) is 22.6 Å². The number of nitrogens with one attached hydrogen (secondary N) is 2. The third-order valence-corrected chi connectivity index (χ3v) is 4.29. The van der Waals surface area contributed by atoms with Crippen LogP contribution < -0.4 is 20.3 Å². The number of methoxy groups -OCH3 is 1. The van der Waals surface area contributed by atoms with Crippen molar-refractivity contribution in [2.45, 2.75) is 13.0 Å². The van der Waals surface area contributed by atoms with Crippen LogP contribution in [0.15, 0.2) is 42.5 Å². The summed E-state index contributed by atoms with van der Waals surface area (Å²) in [4.78, 5) is 34.2. The van der Waals surface area contributed by atoms with Crippen LogP contribution in [0.5, 0.6) is 11.5 Å². The van der Waals surface area contributed by atoms with Gasteiger partial charge in [-0.25, -0.2) is 0 Å². The Kier molecular flexibility index (Phi) is 6.93. The molecular weight excluding hydrogens is 469 g/mol. The minimum absolute atomic E-state index is 0.0826. The summed E-state index contributed by atoms with van der Waals surface area (Å²) in [7, 11) is 1.53. The summed E-state index contributed by atoms with van der Waals surface area (Å²) in [5, 5.41) is 10.6. The highest BCUT2D eigenvalue weighted by atomic mass is 127. The van der Waals surface area contributed by atoms with E-state index in [0.29, 0.717) is 17.1 Å². The van der Waals surface area contributed by atoms with Gasteiger partial charge in [-0.05, 0) is 59.8 Å². The molecule has 0 aromatic heterocycles. The predicted molar refractivity (Wildman–Crippen MR) is 105 cm³/mol. The number of hydrogen-bond donors (Lipinski definition) is 2. The summed E-state index contributed by atoms with van der Waals surface area (Å²) in [6.45, 7) is 1.49. The molecule has 0 heterocycles. The SMILES string of the molecule is COc1ccc(C(=O)NNC(=O)C(C)Oc2ccc([N+](=O)[O-])cc2)cc1I. The average molecular weight is 485 g/mol. The number of hydrazine groups is 1. The van der Waals surface area contributed by atoms with E-state index in [9.17, 15) is 19.7 Å². The molecule has 2 aromatic carbocycles. The molecule has 0 aliphatic heterocycles. The number of hydrogen-bond acceptors (Lipinski definition) is 6. The number of halogens is 1. The molecule has 2 N–H and O–H groups in total. The number of amides is 2. The van der Waals surface area contributed by atoms with E-state index in [2.05, 4.69) is 10.9 Å². The molecular formula is C17H16IN3O6. The number of nitrogens with zero attached hydrogens (tertiary/aromatic N) is 1. The number of carbonyl (C=O) groups is 2. The maximum atomic E-state index is 12.1. The van der Waals surface area contributed by atoms with Gasteiger partial charge in [0, 0.05) is 17.7 Å². The molecule has 0 saturated heterocycles. The molecule has 0 aliphatic rings. The van der Waals surface area contributed by atoms with E-state index in [1.54, 1.807) is 18.2 Å². The second kappa shape index (κ2) is 9.16. The summed E-state index contributed by atoms with van der Waals surface area (Å²) in [6.07, 6.45) is -0.928. The van der Waals surface area contributed by atoms with Crippen LogP contribution in [-0.4, -0.2) is 30.0 Å². The third-order valence-electron chi connectivity index (χ3n) is 3.44. The maximum Gasteiger partial charge on any atom is 0.279 e. The van der Waals surface area contributed by atoms with Gasteiger partial charge in [0.15, 0.2) is 6.10 Å². The molecule has 2 amide bonds. The number of benzene rings is 2. The highest BCUT2D eigenvalue weighted by Crippen LogP contribution is 2.21. The summed E-state index contributed by atoms with van der Waals surface area (Å²) >= 11 is 2.04. The lowest BCUT2D eigenvalue weighted by molar-refractivity contribution is -0.384. The predicted octanol–water partition coefficient (Wildman–Crippen LogP) is 2.44. The first-order valence-electron chi connectivity index (χ1n) is 7.66. The van der Waals surface area contributed by atoms with Crippen molar-refractivity contribution in [1.29, 1.82) is 0 Å². The number of rotatable bonds is 6. The van der Waals surface area contributed by atoms with Crippen LogP contribution in [-0.2, 0) is 4.79 Å². The molecule has 0 saturated carbocycles. The zero-order chi connectivity index (χ0) is 20.0. The average Bonchev–Trinajstić information content (AvgIpc) is 2.66. The molecule has 0 fully saturated rings. The van der Waals surface area contributed by atoms with E-state index in [-0.39, 0.29) is 5.69 Å². The molecule has 27 heavy (non-hydrogen) atoms. The Morgan fingerprint density at radius 3 is 2.37 bits per heavy atom. The van der Waals surface area contributed by atoms with Gasteiger partial charge in [-0.2, -0.15) is 0 Å². The molecule has 142 valence electrons. The van der Waals surface area contributed by atoms with Gasteiger partial charge in [0.25, 0.3) is 17.5 Å². The standard InChI is InChI=1S/C17H16IN3O6/c1-10(27-13-6-4-12(5-7-13)21(24)25)16(22)19-20-17(23)11-3-8-15(26-2)14(18)9-11/h3-10H,1-2H3,(H,19,22)(H,20,23). The van der Waals surface area contributed by atoms with Gasteiger partial charge < -0.3 is 9.47 Å². The smallest absolute Gasteiger partial charge is 0.279 e.